The minimum absolute atomic E-state index is 0.0928. The number of carbonyl (C=O) groups excluding carboxylic acids is 1. The molecular formula is C12H19N3O5S. The molecule has 9 heteroatoms. The molecule has 0 fully saturated rings. The lowest BCUT2D eigenvalue weighted by Gasteiger charge is -2.20. The van der Waals surface area contributed by atoms with E-state index < -0.39 is 21.9 Å². The molecule has 1 aromatic rings. The lowest BCUT2D eigenvalue weighted by molar-refractivity contribution is -0.121. The number of hydrogen-bond donors (Lipinski definition) is 3. The summed E-state index contributed by atoms with van der Waals surface area (Å²) < 4.78 is 25.7. The van der Waals surface area contributed by atoms with E-state index in [9.17, 15) is 18.0 Å². The third-order valence-electron chi connectivity index (χ3n) is 2.65. The van der Waals surface area contributed by atoms with Crippen LogP contribution in [0.25, 0.3) is 0 Å². The number of carboxylic acid groups (broad SMARTS) is 1. The summed E-state index contributed by atoms with van der Waals surface area (Å²) in [4.78, 5) is 24.7. The second-order valence-corrected chi connectivity index (χ2v) is 6.65. The van der Waals surface area contributed by atoms with E-state index in [0.717, 1.165) is 16.6 Å². The zero-order chi connectivity index (χ0) is 16.2. The maximum atomic E-state index is 12.4. The van der Waals surface area contributed by atoms with Crippen LogP contribution in [0.4, 0.5) is 0 Å². The minimum Gasteiger partial charge on any atom is -0.477 e. The molecule has 3 N–H and O–H groups in total. The first kappa shape index (κ1) is 17.2. The van der Waals surface area contributed by atoms with Gasteiger partial charge in [0.25, 0.3) is 0 Å². The maximum Gasteiger partial charge on any atom is 0.352 e. The summed E-state index contributed by atoms with van der Waals surface area (Å²) in [6.45, 7) is 4.93. The van der Waals surface area contributed by atoms with Crippen LogP contribution in [0.1, 0.15) is 31.3 Å². The van der Waals surface area contributed by atoms with Crippen molar-refractivity contribution in [3.8, 4) is 0 Å². The Bertz CT molecular complexity index is 621. The second-order valence-electron chi connectivity index (χ2n) is 4.71. The van der Waals surface area contributed by atoms with Crippen LogP contribution in [0.3, 0.4) is 0 Å². The Morgan fingerprint density at radius 2 is 2.05 bits per heavy atom. The number of nitrogens with one attached hydrogen (secondary N) is 2. The zero-order valence-electron chi connectivity index (χ0n) is 12.1. The van der Waals surface area contributed by atoms with E-state index in [1.807, 2.05) is 0 Å². The van der Waals surface area contributed by atoms with E-state index in [4.69, 9.17) is 5.11 Å². The summed E-state index contributed by atoms with van der Waals surface area (Å²) >= 11 is 0. The summed E-state index contributed by atoms with van der Waals surface area (Å²) in [6.07, 6.45) is 1.10. The van der Waals surface area contributed by atoms with Crippen molar-refractivity contribution in [2.45, 2.75) is 31.7 Å². The third kappa shape index (κ3) is 4.30. The van der Waals surface area contributed by atoms with Gasteiger partial charge >= 0.3 is 5.97 Å². The largest absolute Gasteiger partial charge is 0.477 e. The van der Waals surface area contributed by atoms with Gasteiger partial charge in [-0.3, -0.25) is 4.79 Å². The van der Waals surface area contributed by atoms with Crippen molar-refractivity contribution in [3.63, 3.8) is 0 Å². The minimum atomic E-state index is -3.92. The van der Waals surface area contributed by atoms with Crippen molar-refractivity contribution in [3.05, 3.63) is 18.0 Å². The fourth-order valence-electron chi connectivity index (χ4n) is 1.69. The highest BCUT2D eigenvalue weighted by atomic mass is 32.2. The molecule has 0 aliphatic carbocycles. The number of aromatic nitrogens is 1. The molecule has 0 aliphatic heterocycles. The number of carboxylic acids is 1. The standard InChI is InChI=1S/C12H19N3O5S/c1-4-15(7-11(16)14-8(2)3)21(19,20)9-5-10(12(17)18)13-6-9/h5-6,8,13H,4,7H2,1-3H3,(H,14,16)(H,17,18). The molecule has 0 saturated heterocycles. The lowest BCUT2D eigenvalue weighted by Crippen LogP contribution is -2.42. The Kier molecular flexibility index (Phi) is 5.50. The summed E-state index contributed by atoms with van der Waals surface area (Å²) in [5, 5.41) is 11.4. The number of amides is 1. The summed E-state index contributed by atoms with van der Waals surface area (Å²) in [5.41, 5.74) is -0.226. The van der Waals surface area contributed by atoms with Gasteiger partial charge in [-0.1, -0.05) is 6.92 Å². The van der Waals surface area contributed by atoms with Gasteiger partial charge in [-0.05, 0) is 19.9 Å². The normalized spacial score (nSPS) is 11.9. The van der Waals surface area contributed by atoms with Gasteiger partial charge in [-0.2, -0.15) is 4.31 Å². The number of hydrogen-bond acceptors (Lipinski definition) is 4. The molecular weight excluding hydrogens is 298 g/mol. The average Bonchev–Trinajstić information content (AvgIpc) is 2.85. The molecule has 1 aromatic heterocycles. The fourth-order valence-corrected chi connectivity index (χ4v) is 3.09. The van der Waals surface area contributed by atoms with Crippen LogP contribution in [0.15, 0.2) is 17.2 Å². The topological polar surface area (TPSA) is 120 Å². The maximum absolute atomic E-state index is 12.4. The zero-order valence-corrected chi connectivity index (χ0v) is 12.9. The summed E-state index contributed by atoms with van der Waals surface area (Å²) in [5.74, 6) is -1.67. The summed E-state index contributed by atoms with van der Waals surface area (Å²) in [6, 6.07) is 0.936. The first-order chi connectivity index (χ1) is 9.68. The third-order valence-corrected chi connectivity index (χ3v) is 4.55. The van der Waals surface area contributed by atoms with Gasteiger partial charge in [0.15, 0.2) is 0 Å². The predicted molar refractivity (Wildman–Crippen MR) is 75.5 cm³/mol. The smallest absolute Gasteiger partial charge is 0.352 e. The Morgan fingerprint density at radius 3 is 2.48 bits per heavy atom. The highest BCUT2D eigenvalue weighted by Gasteiger charge is 2.27. The molecule has 0 atom stereocenters. The fraction of sp³-hybridized carbons (Fsp3) is 0.500. The van der Waals surface area contributed by atoms with Gasteiger partial charge in [-0.15, -0.1) is 0 Å². The number of H-pyrrole nitrogens is 1. The van der Waals surface area contributed by atoms with E-state index in [1.165, 1.54) is 0 Å². The van der Waals surface area contributed by atoms with E-state index >= 15 is 0 Å². The molecule has 0 radical (unpaired) electrons. The second kappa shape index (κ2) is 6.72. The Morgan fingerprint density at radius 1 is 1.43 bits per heavy atom. The molecule has 0 bridgehead atoms. The molecule has 0 spiro atoms. The first-order valence-electron chi connectivity index (χ1n) is 6.39. The van der Waals surface area contributed by atoms with Gasteiger partial charge in [0.2, 0.25) is 15.9 Å². The first-order valence-corrected chi connectivity index (χ1v) is 7.83. The van der Waals surface area contributed by atoms with E-state index in [2.05, 4.69) is 10.3 Å². The van der Waals surface area contributed by atoms with Crippen LogP contribution in [-0.4, -0.2) is 53.8 Å². The Labute approximate surface area is 123 Å². The molecule has 0 aromatic carbocycles. The molecule has 0 saturated carbocycles. The molecule has 8 nitrogen and oxygen atoms in total. The van der Waals surface area contributed by atoms with Gasteiger partial charge in [0.1, 0.15) is 10.6 Å². The molecule has 1 heterocycles. The molecule has 118 valence electrons. The molecule has 21 heavy (non-hydrogen) atoms. The molecule has 0 unspecified atom stereocenters. The average molecular weight is 317 g/mol. The number of likely N-dealkylation sites (N-methyl/N-ethyl adjacent to an activating group) is 1. The van der Waals surface area contributed by atoms with Gasteiger partial charge < -0.3 is 15.4 Å². The van der Waals surface area contributed by atoms with Crippen molar-refractivity contribution in [1.29, 1.82) is 0 Å². The Hall–Kier alpha value is -1.87. The predicted octanol–water partition coefficient (Wildman–Crippen LogP) is 0.248. The van der Waals surface area contributed by atoms with Crippen LogP contribution in [0, 0.1) is 0 Å². The molecule has 0 aliphatic rings. The van der Waals surface area contributed by atoms with Gasteiger partial charge in [-0.25, -0.2) is 13.2 Å². The van der Waals surface area contributed by atoms with Crippen LogP contribution >= 0.6 is 0 Å². The monoisotopic (exact) mass is 317 g/mol. The number of rotatable bonds is 7. The Balaban J connectivity index is 2.96. The van der Waals surface area contributed by atoms with Crippen LogP contribution < -0.4 is 5.32 Å². The van der Waals surface area contributed by atoms with Crippen molar-refractivity contribution >= 4 is 21.9 Å². The lowest BCUT2D eigenvalue weighted by atomic mass is 10.4. The van der Waals surface area contributed by atoms with Gasteiger partial charge in [0.05, 0.1) is 6.54 Å². The number of sulfonamides is 1. The quantitative estimate of drug-likeness (QED) is 0.666. The number of nitrogens with zero attached hydrogens (tertiary/aromatic N) is 1. The number of carbonyl (C=O) groups is 2. The highest BCUT2D eigenvalue weighted by molar-refractivity contribution is 7.89. The van der Waals surface area contributed by atoms with E-state index in [0.29, 0.717) is 0 Å². The van der Waals surface area contributed by atoms with Crippen LogP contribution in [0.2, 0.25) is 0 Å². The van der Waals surface area contributed by atoms with Crippen molar-refractivity contribution in [2.24, 2.45) is 0 Å². The van der Waals surface area contributed by atoms with Crippen molar-refractivity contribution < 1.29 is 23.1 Å². The van der Waals surface area contributed by atoms with Crippen LogP contribution in [-0.2, 0) is 14.8 Å². The van der Waals surface area contributed by atoms with Gasteiger partial charge in [0, 0.05) is 18.8 Å². The highest BCUT2D eigenvalue weighted by Crippen LogP contribution is 2.16. The van der Waals surface area contributed by atoms with Crippen LogP contribution in [0.5, 0.6) is 0 Å². The van der Waals surface area contributed by atoms with E-state index in [1.54, 1.807) is 20.8 Å². The molecule has 1 amide bonds. The molecule has 1 rings (SSSR count). The van der Waals surface area contributed by atoms with Crippen molar-refractivity contribution in [2.75, 3.05) is 13.1 Å². The SMILES string of the molecule is CCN(CC(=O)NC(C)C)S(=O)(=O)c1c[nH]c(C(=O)O)c1. The number of aromatic carboxylic acids is 1. The van der Waals surface area contributed by atoms with Crippen molar-refractivity contribution in [1.82, 2.24) is 14.6 Å². The summed E-state index contributed by atoms with van der Waals surface area (Å²) in [7, 11) is -3.92. The van der Waals surface area contributed by atoms with E-state index in [-0.39, 0.29) is 29.7 Å². The number of aromatic amines is 1.